The van der Waals surface area contributed by atoms with Gasteiger partial charge in [0.25, 0.3) is 0 Å². The Bertz CT molecular complexity index is 501. The number of hydrogen-bond donors (Lipinski definition) is 2. The van der Waals surface area contributed by atoms with Crippen LogP contribution in [0.1, 0.15) is 17.7 Å². The van der Waals surface area contributed by atoms with E-state index in [-0.39, 0.29) is 5.91 Å². The molecule has 0 bridgehead atoms. The first-order chi connectivity index (χ1) is 9.84. The summed E-state index contributed by atoms with van der Waals surface area (Å²) in [7, 11) is 0. The molecule has 5 nitrogen and oxygen atoms in total. The fourth-order valence-electron chi connectivity index (χ4n) is 1.73. The molecule has 2 rings (SSSR count). The van der Waals surface area contributed by atoms with Gasteiger partial charge in [0.05, 0.1) is 0 Å². The molecule has 20 heavy (non-hydrogen) atoms. The van der Waals surface area contributed by atoms with E-state index in [1.54, 1.807) is 29.8 Å². The third-order valence-electron chi connectivity index (χ3n) is 2.70. The second kappa shape index (κ2) is 8.27. The highest BCUT2D eigenvalue weighted by atomic mass is 32.1. The summed E-state index contributed by atoms with van der Waals surface area (Å²) in [6.07, 6.45) is 5.79. The Hall–Kier alpha value is -1.95. The van der Waals surface area contributed by atoms with Crippen molar-refractivity contribution in [3.63, 3.8) is 0 Å². The van der Waals surface area contributed by atoms with Crippen LogP contribution in [-0.2, 0) is 11.2 Å². The number of hydrogen-bond acceptors (Lipinski definition) is 5. The van der Waals surface area contributed by atoms with Gasteiger partial charge in [0, 0.05) is 36.8 Å². The molecule has 0 aliphatic carbocycles. The maximum Gasteiger partial charge on any atom is 0.222 e. The topological polar surface area (TPSA) is 66.9 Å². The number of carbonyl (C=O) groups excluding carboxylic acids is 1. The maximum absolute atomic E-state index is 11.6. The number of amides is 1. The molecule has 0 fully saturated rings. The molecule has 0 atom stereocenters. The van der Waals surface area contributed by atoms with Crippen LogP contribution in [0.3, 0.4) is 0 Å². The number of aryl methyl sites for hydroxylation is 1. The summed E-state index contributed by atoms with van der Waals surface area (Å²) in [5.74, 6) is 0.678. The lowest BCUT2D eigenvalue weighted by Gasteiger charge is -2.06. The number of nitrogens with zero attached hydrogens (tertiary/aromatic N) is 2. The molecule has 0 radical (unpaired) electrons. The lowest BCUT2D eigenvalue weighted by Crippen LogP contribution is -2.28. The van der Waals surface area contributed by atoms with Gasteiger partial charge in [-0.3, -0.25) is 4.79 Å². The molecule has 2 N–H and O–H groups in total. The molecule has 0 spiro atoms. The van der Waals surface area contributed by atoms with E-state index in [4.69, 9.17) is 0 Å². The summed E-state index contributed by atoms with van der Waals surface area (Å²) in [5.41, 5.74) is 0. The Morgan fingerprint density at radius 1 is 1.20 bits per heavy atom. The highest BCUT2D eigenvalue weighted by Crippen LogP contribution is 2.11. The predicted octanol–water partition coefficient (Wildman–Crippen LogP) is 2.09. The number of nitrogens with one attached hydrogen (secondary N) is 2. The molecule has 0 aromatic carbocycles. The molecule has 106 valence electrons. The van der Waals surface area contributed by atoms with Gasteiger partial charge >= 0.3 is 0 Å². The van der Waals surface area contributed by atoms with E-state index in [2.05, 4.69) is 32.0 Å². The second-order valence-corrected chi connectivity index (χ2v) is 5.31. The van der Waals surface area contributed by atoms with Crippen LogP contribution in [0, 0.1) is 0 Å². The average Bonchev–Trinajstić information content (AvgIpc) is 2.98. The minimum Gasteiger partial charge on any atom is -0.354 e. The zero-order chi connectivity index (χ0) is 14.0. The van der Waals surface area contributed by atoms with Crippen molar-refractivity contribution in [2.75, 3.05) is 18.4 Å². The quantitative estimate of drug-likeness (QED) is 0.731. The van der Waals surface area contributed by atoms with E-state index in [1.165, 1.54) is 4.88 Å². The van der Waals surface area contributed by atoms with Crippen molar-refractivity contribution in [2.24, 2.45) is 0 Å². The predicted molar refractivity (Wildman–Crippen MR) is 80.8 cm³/mol. The zero-order valence-electron chi connectivity index (χ0n) is 11.2. The number of anilines is 1. The third kappa shape index (κ3) is 5.36. The second-order valence-electron chi connectivity index (χ2n) is 4.28. The number of carbonyl (C=O) groups is 1. The maximum atomic E-state index is 11.6. The van der Waals surface area contributed by atoms with Crippen LogP contribution < -0.4 is 10.6 Å². The first-order valence-corrected chi connectivity index (χ1v) is 7.52. The highest BCUT2D eigenvalue weighted by Gasteiger charge is 2.01. The normalized spacial score (nSPS) is 10.2. The van der Waals surface area contributed by atoms with Crippen LogP contribution in [0.15, 0.2) is 36.0 Å². The average molecular weight is 290 g/mol. The zero-order valence-corrected chi connectivity index (χ0v) is 12.0. The Kier molecular flexibility index (Phi) is 5.98. The van der Waals surface area contributed by atoms with Crippen molar-refractivity contribution in [3.05, 3.63) is 40.8 Å². The van der Waals surface area contributed by atoms with Gasteiger partial charge in [-0.05, 0) is 30.4 Å². The number of aromatic nitrogens is 2. The Balaban J connectivity index is 1.52. The fraction of sp³-hybridized carbons (Fsp3) is 0.357. The molecule has 0 saturated carbocycles. The summed E-state index contributed by atoms with van der Waals surface area (Å²) < 4.78 is 0. The van der Waals surface area contributed by atoms with Gasteiger partial charge in [-0.25, -0.2) is 9.97 Å². The van der Waals surface area contributed by atoms with Gasteiger partial charge in [0.15, 0.2) is 0 Å². The largest absolute Gasteiger partial charge is 0.354 e. The van der Waals surface area contributed by atoms with E-state index >= 15 is 0 Å². The minimum absolute atomic E-state index is 0.0948. The third-order valence-corrected chi connectivity index (χ3v) is 3.64. The van der Waals surface area contributed by atoms with E-state index in [0.717, 1.165) is 12.8 Å². The van der Waals surface area contributed by atoms with Crippen LogP contribution in [0.4, 0.5) is 5.95 Å². The van der Waals surface area contributed by atoms with Crippen LogP contribution in [-0.4, -0.2) is 29.0 Å². The SMILES string of the molecule is O=C(CCCc1cccs1)NCCNc1ncccn1. The first-order valence-electron chi connectivity index (χ1n) is 6.64. The van der Waals surface area contributed by atoms with Gasteiger partial charge in [0.1, 0.15) is 0 Å². The van der Waals surface area contributed by atoms with E-state index in [1.807, 2.05) is 6.07 Å². The molecule has 0 unspecified atom stereocenters. The summed E-state index contributed by atoms with van der Waals surface area (Å²) >= 11 is 1.74. The number of thiophene rings is 1. The smallest absolute Gasteiger partial charge is 0.222 e. The molecule has 2 aromatic heterocycles. The van der Waals surface area contributed by atoms with Crippen molar-refractivity contribution < 1.29 is 4.79 Å². The van der Waals surface area contributed by atoms with Crippen molar-refractivity contribution in [1.29, 1.82) is 0 Å². The van der Waals surface area contributed by atoms with E-state index in [9.17, 15) is 4.79 Å². The van der Waals surface area contributed by atoms with E-state index in [0.29, 0.717) is 25.5 Å². The molecule has 0 aliphatic heterocycles. The Morgan fingerprint density at radius 3 is 2.80 bits per heavy atom. The fourth-order valence-corrected chi connectivity index (χ4v) is 2.48. The van der Waals surface area contributed by atoms with Crippen LogP contribution >= 0.6 is 11.3 Å². The van der Waals surface area contributed by atoms with Crippen molar-refractivity contribution in [1.82, 2.24) is 15.3 Å². The summed E-state index contributed by atoms with van der Waals surface area (Å²) in [6, 6.07) is 5.91. The minimum atomic E-state index is 0.0948. The van der Waals surface area contributed by atoms with Gasteiger partial charge in [-0.2, -0.15) is 0 Å². The lowest BCUT2D eigenvalue weighted by molar-refractivity contribution is -0.121. The molecule has 2 aromatic rings. The molecular formula is C14H18N4OS. The Morgan fingerprint density at radius 2 is 2.05 bits per heavy atom. The van der Waals surface area contributed by atoms with Crippen LogP contribution in [0.2, 0.25) is 0 Å². The molecular weight excluding hydrogens is 272 g/mol. The summed E-state index contributed by atoms with van der Waals surface area (Å²) in [5, 5.41) is 7.98. The van der Waals surface area contributed by atoms with Crippen LogP contribution in [0.5, 0.6) is 0 Å². The number of rotatable bonds is 8. The first kappa shape index (κ1) is 14.5. The van der Waals surface area contributed by atoms with Crippen molar-refractivity contribution >= 4 is 23.2 Å². The molecule has 1 amide bonds. The van der Waals surface area contributed by atoms with Gasteiger partial charge < -0.3 is 10.6 Å². The summed E-state index contributed by atoms with van der Waals surface area (Å²) in [6.45, 7) is 1.21. The van der Waals surface area contributed by atoms with Gasteiger partial charge in [0.2, 0.25) is 11.9 Å². The molecule has 0 aliphatic rings. The Labute approximate surface area is 122 Å². The molecule has 2 heterocycles. The monoisotopic (exact) mass is 290 g/mol. The summed E-state index contributed by atoms with van der Waals surface area (Å²) in [4.78, 5) is 21.0. The van der Waals surface area contributed by atoms with Gasteiger partial charge in [-0.1, -0.05) is 6.07 Å². The van der Waals surface area contributed by atoms with Crippen molar-refractivity contribution in [3.8, 4) is 0 Å². The van der Waals surface area contributed by atoms with E-state index < -0.39 is 0 Å². The molecule has 0 saturated heterocycles. The molecule has 6 heteroatoms. The standard InChI is InChI=1S/C14H18N4OS/c19-13(6-1-4-12-5-2-11-20-12)15-9-10-18-14-16-7-3-8-17-14/h2-3,5,7-8,11H,1,4,6,9-10H2,(H,15,19)(H,16,17,18). The highest BCUT2D eigenvalue weighted by molar-refractivity contribution is 7.09. The van der Waals surface area contributed by atoms with Crippen LogP contribution in [0.25, 0.3) is 0 Å². The lowest BCUT2D eigenvalue weighted by atomic mass is 10.2. The van der Waals surface area contributed by atoms with Gasteiger partial charge in [-0.15, -0.1) is 11.3 Å². The van der Waals surface area contributed by atoms with Crippen molar-refractivity contribution in [2.45, 2.75) is 19.3 Å².